The molecule has 0 amide bonds. The zero-order valence-corrected chi connectivity index (χ0v) is 27.9. The molecule has 2 heterocycles. The van der Waals surface area contributed by atoms with Crippen LogP contribution in [0.15, 0.2) is 174 Å². The van der Waals surface area contributed by atoms with Crippen molar-refractivity contribution >= 4 is 21.9 Å². The van der Waals surface area contributed by atoms with Crippen LogP contribution in [0, 0.1) is 0 Å². The molecule has 51 heavy (non-hydrogen) atoms. The van der Waals surface area contributed by atoms with Crippen LogP contribution in [-0.2, 0) is 5.41 Å². The van der Waals surface area contributed by atoms with Crippen LogP contribution in [0.5, 0.6) is 0 Å². The summed E-state index contributed by atoms with van der Waals surface area (Å²) in [7, 11) is 0. The van der Waals surface area contributed by atoms with Gasteiger partial charge in [0, 0.05) is 32.9 Å². The molecule has 2 aromatic heterocycles. The van der Waals surface area contributed by atoms with Crippen LogP contribution in [0.1, 0.15) is 23.6 Å². The Balaban J connectivity index is 1.19. The maximum atomic E-state index is 6.51. The van der Waals surface area contributed by atoms with Crippen molar-refractivity contribution < 1.29 is 4.42 Å². The van der Waals surface area contributed by atoms with Gasteiger partial charge in [0.15, 0.2) is 17.5 Å². The van der Waals surface area contributed by atoms with E-state index in [2.05, 4.69) is 146 Å². The molecule has 1 atom stereocenters. The maximum Gasteiger partial charge on any atom is 0.164 e. The van der Waals surface area contributed by atoms with Crippen LogP contribution in [0.2, 0.25) is 0 Å². The third-order valence-corrected chi connectivity index (χ3v) is 10.4. The number of hydrogen-bond acceptors (Lipinski definition) is 4. The Morgan fingerprint density at radius 1 is 0.431 bits per heavy atom. The monoisotopic (exact) mass is 653 g/mol. The Morgan fingerprint density at radius 3 is 1.80 bits per heavy atom. The first kappa shape index (κ1) is 29.3. The minimum absolute atomic E-state index is 0.410. The van der Waals surface area contributed by atoms with Crippen LogP contribution in [0.25, 0.3) is 78.4 Å². The summed E-state index contributed by atoms with van der Waals surface area (Å²) in [6, 6.07) is 59.2. The SMILES string of the molecule is CC1(c2ccccc2)c2ccccc2-c2cccc(-c3nc(-c4ccccc4)nc(-c4ccc5c(c4)oc4cccc(-c6ccccc6)c45)n3)c21. The third-order valence-electron chi connectivity index (χ3n) is 10.4. The zero-order valence-electron chi connectivity index (χ0n) is 27.9. The van der Waals surface area contributed by atoms with Gasteiger partial charge in [-0.25, -0.2) is 15.0 Å². The fourth-order valence-corrected chi connectivity index (χ4v) is 8.03. The fourth-order valence-electron chi connectivity index (χ4n) is 8.03. The number of rotatable bonds is 5. The molecule has 1 aliphatic carbocycles. The number of fused-ring (bicyclic) bond motifs is 6. The molecule has 0 aliphatic heterocycles. The highest BCUT2D eigenvalue weighted by atomic mass is 16.3. The summed E-state index contributed by atoms with van der Waals surface area (Å²) in [6.45, 7) is 2.33. The van der Waals surface area contributed by atoms with E-state index in [1.807, 2.05) is 30.3 Å². The summed E-state index contributed by atoms with van der Waals surface area (Å²) in [5, 5.41) is 2.16. The van der Waals surface area contributed by atoms with Crippen LogP contribution >= 0.6 is 0 Å². The highest BCUT2D eigenvalue weighted by Gasteiger charge is 2.42. The molecule has 0 N–H and O–H groups in total. The summed E-state index contributed by atoms with van der Waals surface area (Å²) >= 11 is 0. The number of aromatic nitrogens is 3. The van der Waals surface area contributed by atoms with Crippen molar-refractivity contribution in [1.82, 2.24) is 15.0 Å². The van der Waals surface area contributed by atoms with E-state index in [1.165, 1.54) is 27.8 Å². The molecule has 4 heteroatoms. The summed E-state index contributed by atoms with van der Waals surface area (Å²) in [5.41, 5.74) is 12.5. The van der Waals surface area contributed by atoms with Crippen LogP contribution in [0.4, 0.5) is 0 Å². The first-order valence-corrected chi connectivity index (χ1v) is 17.3. The second-order valence-corrected chi connectivity index (χ2v) is 13.3. The Kier molecular flexibility index (Phi) is 6.58. The minimum Gasteiger partial charge on any atom is -0.456 e. The Hall–Kier alpha value is -6.65. The normalized spacial score (nSPS) is 14.8. The first-order valence-electron chi connectivity index (χ1n) is 17.3. The van der Waals surface area contributed by atoms with E-state index in [1.54, 1.807) is 0 Å². The average Bonchev–Trinajstić information content (AvgIpc) is 3.72. The summed E-state index contributed by atoms with van der Waals surface area (Å²) < 4.78 is 6.51. The zero-order chi connectivity index (χ0) is 33.9. The van der Waals surface area contributed by atoms with Crippen molar-refractivity contribution in [2.24, 2.45) is 0 Å². The van der Waals surface area contributed by atoms with Gasteiger partial charge in [-0.1, -0.05) is 152 Å². The molecule has 1 aliphatic rings. The second-order valence-electron chi connectivity index (χ2n) is 13.3. The molecule has 0 spiro atoms. The number of benzene rings is 7. The van der Waals surface area contributed by atoms with Gasteiger partial charge in [-0.05, 0) is 64.1 Å². The minimum atomic E-state index is -0.410. The second kappa shape index (κ2) is 11.5. The summed E-state index contributed by atoms with van der Waals surface area (Å²) in [5.74, 6) is 1.86. The molecule has 0 fully saturated rings. The molecule has 0 saturated heterocycles. The molecular formula is C47H31N3O. The van der Waals surface area contributed by atoms with Gasteiger partial charge in [-0.2, -0.15) is 0 Å². The van der Waals surface area contributed by atoms with Gasteiger partial charge in [0.05, 0.1) is 0 Å². The summed E-state index contributed by atoms with van der Waals surface area (Å²) in [4.78, 5) is 15.5. The van der Waals surface area contributed by atoms with Crippen molar-refractivity contribution in [3.63, 3.8) is 0 Å². The molecule has 0 saturated carbocycles. The maximum absolute atomic E-state index is 6.51. The van der Waals surface area contributed by atoms with Crippen molar-refractivity contribution in [3.05, 3.63) is 187 Å². The number of hydrogen-bond donors (Lipinski definition) is 0. The number of nitrogens with zero attached hydrogens (tertiary/aromatic N) is 3. The van der Waals surface area contributed by atoms with E-state index < -0.39 is 5.41 Å². The lowest BCUT2D eigenvalue weighted by Crippen LogP contribution is -2.23. The van der Waals surface area contributed by atoms with Crippen LogP contribution < -0.4 is 0 Å². The van der Waals surface area contributed by atoms with Gasteiger partial charge in [0.25, 0.3) is 0 Å². The quantitative estimate of drug-likeness (QED) is 0.185. The third kappa shape index (κ3) is 4.57. The fraction of sp³-hybridized carbons (Fsp3) is 0.0426. The Labute approximate surface area is 295 Å². The highest BCUT2D eigenvalue weighted by molar-refractivity contribution is 6.13. The molecule has 0 bridgehead atoms. The van der Waals surface area contributed by atoms with Crippen molar-refractivity contribution in [3.8, 4) is 56.4 Å². The molecule has 1 unspecified atom stereocenters. The van der Waals surface area contributed by atoms with E-state index in [0.717, 1.165) is 49.8 Å². The highest BCUT2D eigenvalue weighted by Crippen LogP contribution is 2.55. The van der Waals surface area contributed by atoms with E-state index in [-0.39, 0.29) is 0 Å². The average molecular weight is 654 g/mol. The predicted molar refractivity (Wildman–Crippen MR) is 206 cm³/mol. The van der Waals surface area contributed by atoms with Gasteiger partial charge in [-0.15, -0.1) is 0 Å². The molecule has 9 aromatic rings. The van der Waals surface area contributed by atoms with Gasteiger partial charge < -0.3 is 4.42 Å². The predicted octanol–water partition coefficient (Wildman–Crippen LogP) is 11.8. The number of furan rings is 1. The Morgan fingerprint density at radius 2 is 1.02 bits per heavy atom. The smallest absolute Gasteiger partial charge is 0.164 e. The summed E-state index contributed by atoms with van der Waals surface area (Å²) in [6.07, 6.45) is 0. The lowest BCUT2D eigenvalue weighted by atomic mass is 9.72. The van der Waals surface area contributed by atoms with Crippen molar-refractivity contribution in [1.29, 1.82) is 0 Å². The van der Waals surface area contributed by atoms with E-state index in [0.29, 0.717) is 17.5 Å². The van der Waals surface area contributed by atoms with Gasteiger partial charge in [0.2, 0.25) is 0 Å². The van der Waals surface area contributed by atoms with Gasteiger partial charge in [0.1, 0.15) is 11.2 Å². The van der Waals surface area contributed by atoms with Crippen molar-refractivity contribution in [2.75, 3.05) is 0 Å². The molecule has 7 aromatic carbocycles. The van der Waals surface area contributed by atoms with Crippen LogP contribution in [0.3, 0.4) is 0 Å². The van der Waals surface area contributed by atoms with E-state index >= 15 is 0 Å². The van der Waals surface area contributed by atoms with E-state index in [9.17, 15) is 0 Å². The first-order chi connectivity index (χ1) is 25.2. The lowest BCUT2D eigenvalue weighted by molar-refractivity contribution is 0.669. The molecule has 0 radical (unpaired) electrons. The van der Waals surface area contributed by atoms with Crippen molar-refractivity contribution in [2.45, 2.75) is 12.3 Å². The molecule has 4 nitrogen and oxygen atoms in total. The topological polar surface area (TPSA) is 51.8 Å². The molecule has 10 rings (SSSR count). The Bertz CT molecular complexity index is 2750. The molecule has 240 valence electrons. The largest absolute Gasteiger partial charge is 0.456 e. The van der Waals surface area contributed by atoms with Crippen LogP contribution in [-0.4, -0.2) is 15.0 Å². The van der Waals surface area contributed by atoms with E-state index in [4.69, 9.17) is 19.4 Å². The molecular weight excluding hydrogens is 623 g/mol. The van der Waals surface area contributed by atoms with Gasteiger partial charge in [-0.3, -0.25) is 0 Å². The van der Waals surface area contributed by atoms with Gasteiger partial charge >= 0.3 is 0 Å². The standard InChI is InChI=1S/C47H31N3O/c1-47(33-19-9-4-10-20-33)39-25-12-11-21-35(39)36-23-13-24-38(43(36)47)46-49-44(31-17-7-3-8-18-31)48-45(50-46)32-27-28-37-41(29-32)51-40-26-14-22-34(42(37)40)30-15-5-2-6-16-30/h2-29H,1H3. The lowest BCUT2D eigenvalue weighted by Gasteiger charge is -2.30.